The van der Waals surface area contributed by atoms with Crippen molar-refractivity contribution in [1.29, 1.82) is 0 Å². The summed E-state index contributed by atoms with van der Waals surface area (Å²) < 4.78 is 2.86. The van der Waals surface area contributed by atoms with Gasteiger partial charge in [-0.2, -0.15) is 0 Å². The number of carbonyl (C=O) groups is 2. The summed E-state index contributed by atoms with van der Waals surface area (Å²) in [4.78, 5) is 18.1. The summed E-state index contributed by atoms with van der Waals surface area (Å²) in [6, 6.07) is 0. The summed E-state index contributed by atoms with van der Waals surface area (Å²) in [7, 11) is 0. The standard InChI is InChI=1S/C2H2O5.K.H3N.2Zr/c3-1(4)7-2(5)6;;;;/h(H,3,4)(H,5,6);;1H3;;/q;+1;;;/p-1. The second-order valence-corrected chi connectivity index (χ2v) is 0.602. The van der Waals surface area contributed by atoms with E-state index in [2.05, 4.69) is 4.74 Å². The number of quaternary nitrogens is 1. The van der Waals surface area contributed by atoms with Gasteiger partial charge in [0.05, 0.1) is 0 Å². The minimum atomic E-state index is -2.12. The van der Waals surface area contributed by atoms with Crippen LogP contribution >= 0.6 is 0 Å². The van der Waals surface area contributed by atoms with Crippen LogP contribution in [-0.2, 0) is 57.1 Å². The van der Waals surface area contributed by atoms with Crippen LogP contribution in [0.1, 0.15) is 0 Å². The van der Waals surface area contributed by atoms with E-state index >= 15 is 0 Å². The van der Waals surface area contributed by atoms with Gasteiger partial charge in [-0.3, -0.25) is 0 Å². The Morgan fingerprint density at radius 2 is 1.18 bits per heavy atom. The molecular formula is C2H4KNO5Zr2. The Balaban J connectivity index is -0.0000000300. The van der Waals surface area contributed by atoms with Gasteiger partial charge in [0.15, 0.2) is 0 Å². The van der Waals surface area contributed by atoms with Crippen LogP contribution in [0.4, 0.5) is 9.59 Å². The number of hydrogen-bond donors (Lipinski definition) is 1. The van der Waals surface area contributed by atoms with Crippen LogP contribution in [-0.4, -0.2) is 12.3 Å². The summed E-state index contributed by atoms with van der Waals surface area (Å²) in [5.41, 5.74) is 0. The molecule has 0 saturated heterocycles. The fourth-order valence-electron chi connectivity index (χ4n) is 0.0680. The summed E-state index contributed by atoms with van der Waals surface area (Å²) in [6.07, 6.45) is -4.25. The SMILES string of the molecule is O=C([O-])OC(=O)[O-].[K+].[NH4+].[Zr].[Zr]. The van der Waals surface area contributed by atoms with Crippen LogP contribution < -0.4 is 67.7 Å². The van der Waals surface area contributed by atoms with Gasteiger partial charge in [-0.1, -0.05) is 0 Å². The Bertz CT molecular complexity index is 98.7. The Morgan fingerprint density at radius 1 is 1.00 bits per heavy atom. The number of rotatable bonds is 0. The Kier molecular flexibility index (Phi) is 47.8. The van der Waals surface area contributed by atoms with Crippen LogP contribution in [0.25, 0.3) is 0 Å². The van der Waals surface area contributed by atoms with E-state index in [0.29, 0.717) is 0 Å². The fourth-order valence-corrected chi connectivity index (χ4v) is 0.0680. The second kappa shape index (κ2) is 18.0. The molecule has 0 bridgehead atoms. The zero-order valence-electron chi connectivity index (χ0n) is 6.04. The van der Waals surface area contributed by atoms with Crippen molar-refractivity contribution < 1.29 is 128 Å². The van der Waals surface area contributed by atoms with Gasteiger partial charge < -0.3 is 30.7 Å². The van der Waals surface area contributed by atoms with E-state index in [9.17, 15) is 0 Å². The number of carboxylic acid groups (broad SMARTS) is 2. The predicted molar refractivity (Wildman–Crippen MR) is 17.9 cm³/mol. The normalized spacial score (nSPS) is 4.73. The van der Waals surface area contributed by atoms with E-state index in [1.165, 1.54) is 0 Å². The molecule has 11 heavy (non-hydrogen) atoms. The van der Waals surface area contributed by atoms with E-state index in [1.807, 2.05) is 0 Å². The van der Waals surface area contributed by atoms with E-state index in [4.69, 9.17) is 19.8 Å². The first kappa shape index (κ1) is 29.2. The molecule has 6 nitrogen and oxygen atoms in total. The van der Waals surface area contributed by atoms with Gasteiger partial charge in [-0.15, -0.1) is 0 Å². The molecule has 56 valence electrons. The predicted octanol–water partition coefficient (Wildman–Crippen LogP) is -4.94. The molecule has 0 radical (unpaired) electrons. The molecule has 0 aliphatic carbocycles. The van der Waals surface area contributed by atoms with Crippen molar-refractivity contribution in [3.05, 3.63) is 0 Å². The number of carbonyl (C=O) groups excluding carboxylic acids is 2. The largest absolute Gasteiger partial charge is 1.00 e. The topological polar surface area (TPSA) is 126 Å². The molecule has 0 amide bonds. The summed E-state index contributed by atoms with van der Waals surface area (Å²) in [5.74, 6) is 0. The maximum atomic E-state index is 9.06. The first-order valence-electron chi connectivity index (χ1n) is 1.22. The van der Waals surface area contributed by atoms with Crippen LogP contribution in [0.5, 0.6) is 0 Å². The van der Waals surface area contributed by atoms with Gasteiger partial charge in [0.1, 0.15) is 0 Å². The molecule has 4 N–H and O–H groups in total. The molecule has 0 fully saturated rings. The molecule has 0 unspecified atom stereocenters. The van der Waals surface area contributed by atoms with Gasteiger partial charge >= 0.3 is 51.4 Å². The molecule has 0 aromatic heterocycles. The molecule has 0 atom stereocenters. The fraction of sp³-hybridized carbons (Fsp3) is 0. The summed E-state index contributed by atoms with van der Waals surface area (Å²) >= 11 is 0. The Morgan fingerprint density at radius 3 is 1.18 bits per heavy atom. The second-order valence-electron chi connectivity index (χ2n) is 0.602. The monoisotopic (exact) mass is 341 g/mol. The Hall–Kier alpha value is 2.10. The third-order valence-electron chi connectivity index (χ3n) is 0.167. The van der Waals surface area contributed by atoms with Crippen molar-refractivity contribution in [2.24, 2.45) is 0 Å². The van der Waals surface area contributed by atoms with Crippen molar-refractivity contribution in [3.63, 3.8) is 0 Å². The maximum absolute atomic E-state index is 9.06. The van der Waals surface area contributed by atoms with Crippen molar-refractivity contribution in [2.45, 2.75) is 0 Å². The quantitative estimate of drug-likeness (QED) is 0.268. The van der Waals surface area contributed by atoms with Crippen molar-refractivity contribution >= 4 is 12.3 Å². The summed E-state index contributed by atoms with van der Waals surface area (Å²) in [5, 5.41) is 18.1. The molecule has 0 aliphatic heterocycles. The minimum absolute atomic E-state index is 0. The molecule has 0 aliphatic rings. The van der Waals surface area contributed by atoms with E-state index in [0.717, 1.165) is 0 Å². The molecule has 9 heteroatoms. The molecule has 0 rings (SSSR count). The maximum Gasteiger partial charge on any atom is 1.00 e. The molecule has 0 heterocycles. The third kappa shape index (κ3) is 33.2. The smallest absolute Gasteiger partial charge is 0.483 e. The number of ether oxygens (including phenoxy) is 1. The van der Waals surface area contributed by atoms with Gasteiger partial charge in [0.25, 0.3) is 12.3 Å². The first-order chi connectivity index (χ1) is 3.13. The molecule has 0 aromatic rings. The average molecular weight is 344 g/mol. The zero-order chi connectivity index (χ0) is 5.86. The zero-order valence-corrected chi connectivity index (χ0v) is 14.1. The first-order valence-corrected chi connectivity index (χ1v) is 1.22. The van der Waals surface area contributed by atoms with Crippen molar-refractivity contribution in [2.75, 3.05) is 0 Å². The van der Waals surface area contributed by atoms with Crippen LogP contribution in [0.15, 0.2) is 0 Å². The molecular weight excluding hydrogens is 340 g/mol. The van der Waals surface area contributed by atoms with Crippen LogP contribution in [0.2, 0.25) is 0 Å². The van der Waals surface area contributed by atoms with E-state index < -0.39 is 12.3 Å². The van der Waals surface area contributed by atoms with Crippen molar-refractivity contribution in [1.82, 2.24) is 6.15 Å². The van der Waals surface area contributed by atoms with E-state index in [1.54, 1.807) is 0 Å². The van der Waals surface area contributed by atoms with Gasteiger partial charge in [0.2, 0.25) is 0 Å². The summed E-state index contributed by atoms with van der Waals surface area (Å²) in [6.45, 7) is 0. The third-order valence-corrected chi connectivity index (χ3v) is 0.167. The van der Waals surface area contributed by atoms with E-state index in [-0.39, 0.29) is 110 Å². The van der Waals surface area contributed by atoms with Crippen LogP contribution in [0, 0.1) is 0 Å². The minimum Gasteiger partial charge on any atom is -0.483 e. The van der Waals surface area contributed by atoms with Crippen molar-refractivity contribution in [3.8, 4) is 0 Å². The molecule has 0 aromatic carbocycles. The Labute approximate surface area is 144 Å². The molecule has 0 spiro atoms. The molecule has 0 saturated carbocycles. The van der Waals surface area contributed by atoms with Gasteiger partial charge in [-0.25, -0.2) is 0 Å². The number of hydrogen-bond acceptors (Lipinski definition) is 5. The average Bonchev–Trinajstić information content (AvgIpc) is 1.27. The van der Waals surface area contributed by atoms with Gasteiger partial charge in [0, 0.05) is 52.4 Å². The van der Waals surface area contributed by atoms with Gasteiger partial charge in [-0.05, 0) is 0 Å². The van der Waals surface area contributed by atoms with Crippen LogP contribution in [0.3, 0.4) is 0 Å².